The van der Waals surface area contributed by atoms with Crippen LogP contribution in [0.2, 0.25) is 0 Å². The number of hydrogen-bond donors (Lipinski definition) is 1. The first-order chi connectivity index (χ1) is 40.0. The second-order valence-electron chi connectivity index (χ2n) is 21.3. The molecule has 0 aliphatic carbocycles. The zero-order valence-electron chi connectivity index (χ0n) is 45.5. The van der Waals surface area contributed by atoms with E-state index in [2.05, 4.69) is 35.7 Å². The van der Waals surface area contributed by atoms with E-state index in [9.17, 15) is 31.9 Å². The lowest BCUT2D eigenvalue weighted by Gasteiger charge is -2.33. The normalized spacial score (nSPS) is 14.1. The Balaban J connectivity index is 0.000000176. The molecule has 22 heteroatoms. The summed E-state index contributed by atoms with van der Waals surface area (Å²) in [5.74, 6) is -0.854. The molecule has 2 fully saturated rings. The van der Waals surface area contributed by atoms with Gasteiger partial charge < -0.3 is 23.8 Å². The van der Waals surface area contributed by atoms with Crippen LogP contribution >= 0.6 is 0 Å². The van der Waals surface area contributed by atoms with Gasteiger partial charge in [0.2, 0.25) is 11.8 Å². The molecular formula is C61H56F4N12O6. The molecule has 1 N–H and O–H groups in total. The number of piperidine rings is 2. The summed E-state index contributed by atoms with van der Waals surface area (Å²) in [6, 6.07) is 27.1. The Morgan fingerprint density at radius 1 is 0.566 bits per heavy atom. The van der Waals surface area contributed by atoms with Crippen molar-refractivity contribution >= 4 is 6.09 Å². The highest BCUT2D eigenvalue weighted by molar-refractivity contribution is 5.68. The molecule has 83 heavy (non-hydrogen) atoms. The van der Waals surface area contributed by atoms with E-state index >= 15 is 0 Å². The van der Waals surface area contributed by atoms with Crippen molar-refractivity contribution in [1.29, 1.82) is 0 Å². The average molecular weight is 1130 g/mol. The molecule has 0 spiro atoms. The molecule has 10 aromatic rings. The Bertz CT molecular complexity index is 4030. The Hall–Kier alpha value is -9.57. The van der Waals surface area contributed by atoms with Gasteiger partial charge in [-0.2, -0.15) is 20.4 Å². The minimum Gasteiger partial charge on any atom is -0.444 e. The van der Waals surface area contributed by atoms with Crippen molar-refractivity contribution in [2.45, 2.75) is 77.2 Å². The summed E-state index contributed by atoms with van der Waals surface area (Å²) >= 11 is 0. The second kappa shape index (κ2) is 23.9. The molecule has 1 amide bonds. The zero-order valence-corrected chi connectivity index (χ0v) is 45.5. The molecule has 0 radical (unpaired) electrons. The number of nitrogens with zero attached hydrogens (tertiary/aromatic N) is 11. The highest BCUT2D eigenvalue weighted by Gasteiger charge is 2.28. The van der Waals surface area contributed by atoms with Crippen LogP contribution in [0.4, 0.5) is 22.4 Å². The molecule has 424 valence electrons. The molecule has 2 aliphatic heterocycles. The first-order valence-corrected chi connectivity index (χ1v) is 27.0. The van der Waals surface area contributed by atoms with Gasteiger partial charge in [0.15, 0.2) is 11.5 Å². The van der Waals surface area contributed by atoms with Crippen LogP contribution in [0, 0.1) is 23.3 Å². The largest absolute Gasteiger partial charge is 0.444 e. The van der Waals surface area contributed by atoms with Crippen molar-refractivity contribution in [3.63, 3.8) is 0 Å². The zero-order chi connectivity index (χ0) is 57.8. The Morgan fingerprint density at radius 2 is 1.01 bits per heavy atom. The van der Waals surface area contributed by atoms with Gasteiger partial charge in [-0.1, -0.05) is 24.3 Å². The summed E-state index contributed by atoms with van der Waals surface area (Å²) in [7, 11) is 0. The summed E-state index contributed by atoms with van der Waals surface area (Å²) in [5.41, 5.74) is 4.47. The second-order valence-corrected chi connectivity index (χ2v) is 21.3. The molecule has 12 rings (SSSR count). The summed E-state index contributed by atoms with van der Waals surface area (Å²) in [6.45, 7) is 9.01. The molecule has 6 aromatic heterocycles. The quantitative estimate of drug-likeness (QED) is 0.113. The molecule has 4 aromatic carbocycles. The number of amides is 1. The molecule has 0 atom stereocenters. The predicted octanol–water partition coefficient (Wildman–Crippen LogP) is 11.0. The van der Waals surface area contributed by atoms with Gasteiger partial charge >= 0.3 is 6.09 Å². The molecule has 18 nitrogen and oxygen atoms in total. The number of hydrogen-bond acceptors (Lipinski definition) is 13. The third kappa shape index (κ3) is 13.5. The van der Waals surface area contributed by atoms with E-state index in [4.69, 9.17) is 13.6 Å². The van der Waals surface area contributed by atoms with Gasteiger partial charge in [-0.3, -0.25) is 19.0 Å². The van der Waals surface area contributed by atoms with E-state index in [1.165, 1.54) is 57.9 Å². The SMILES string of the molecule is CC(C)(C)OC(=O)N1CCC(n2cc(-c3cnc(-c4cccc(Cn5nc(-c6cc(F)cc(F)c6)ccc5=O)c4)o3)cn2)CC1.O=c1ccc(-c2cc(F)cc(F)c2)nn1Cc1cccc(-c2ncc(-c3cnn(C4CCNCC4)c3)o2)c1. The summed E-state index contributed by atoms with van der Waals surface area (Å²) in [6.07, 6.45) is 14.1. The summed E-state index contributed by atoms with van der Waals surface area (Å²) in [4.78, 5) is 48.1. The van der Waals surface area contributed by atoms with Crippen LogP contribution in [-0.2, 0) is 17.8 Å². The molecule has 2 aliphatic rings. The van der Waals surface area contributed by atoms with Crippen LogP contribution in [0.1, 0.15) is 69.7 Å². The lowest BCUT2D eigenvalue weighted by molar-refractivity contribution is 0.0184. The fourth-order valence-corrected chi connectivity index (χ4v) is 9.91. The van der Waals surface area contributed by atoms with Crippen molar-refractivity contribution in [1.82, 2.24) is 59.3 Å². The third-order valence-electron chi connectivity index (χ3n) is 14.0. The Morgan fingerprint density at radius 3 is 1.46 bits per heavy atom. The molecular weight excluding hydrogens is 1070 g/mol. The molecule has 0 saturated carbocycles. The van der Waals surface area contributed by atoms with E-state index in [1.54, 1.807) is 29.7 Å². The van der Waals surface area contributed by atoms with Crippen LogP contribution in [0.15, 0.2) is 165 Å². The van der Waals surface area contributed by atoms with Crippen LogP contribution < -0.4 is 16.4 Å². The lowest BCUT2D eigenvalue weighted by atomic mass is 10.1. The number of nitrogens with one attached hydrogen (secondary N) is 1. The number of halogens is 4. The minimum atomic E-state index is -0.726. The third-order valence-corrected chi connectivity index (χ3v) is 14.0. The van der Waals surface area contributed by atoms with Gasteiger partial charge in [0.1, 0.15) is 28.9 Å². The van der Waals surface area contributed by atoms with Crippen LogP contribution in [0.25, 0.3) is 68.1 Å². The van der Waals surface area contributed by atoms with Gasteiger partial charge in [-0.05, 0) is 131 Å². The van der Waals surface area contributed by atoms with Gasteiger partial charge in [-0.15, -0.1) is 0 Å². The van der Waals surface area contributed by atoms with Gasteiger partial charge in [-0.25, -0.2) is 41.7 Å². The van der Waals surface area contributed by atoms with Gasteiger partial charge in [0.25, 0.3) is 11.1 Å². The molecule has 0 bridgehead atoms. The monoisotopic (exact) mass is 1130 g/mol. The van der Waals surface area contributed by atoms with Crippen molar-refractivity contribution in [2.75, 3.05) is 26.2 Å². The van der Waals surface area contributed by atoms with Crippen molar-refractivity contribution in [3.05, 3.63) is 201 Å². The van der Waals surface area contributed by atoms with Crippen LogP contribution in [0.5, 0.6) is 0 Å². The van der Waals surface area contributed by atoms with E-state index in [0.717, 1.165) is 78.7 Å². The minimum absolute atomic E-state index is 0.130. The van der Waals surface area contributed by atoms with Crippen LogP contribution in [0.3, 0.4) is 0 Å². The lowest BCUT2D eigenvalue weighted by Crippen LogP contribution is -2.42. The predicted molar refractivity (Wildman–Crippen MR) is 299 cm³/mol. The van der Waals surface area contributed by atoms with Crippen LogP contribution in [-0.4, -0.2) is 91.9 Å². The maximum absolute atomic E-state index is 13.7. The first-order valence-electron chi connectivity index (χ1n) is 27.0. The maximum Gasteiger partial charge on any atom is 0.410 e. The number of carbonyl (C=O) groups excluding carboxylic acids is 1. The van der Waals surface area contributed by atoms with Gasteiger partial charge in [0.05, 0.1) is 72.5 Å². The van der Waals surface area contributed by atoms with Crippen molar-refractivity contribution in [3.8, 4) is 68.1 Å². The number of oxazole rings is 2. The average Bonchev–Trinajstić information content (AvgIpc) is 4.55. The van der Waals surface area contributed by atoms with E-state index in [1.807, 2.05) is 91.1 Å². The highest BCUT2D eigenvalue weighted by atomic mass is 19.1. The smallest absolute Gasteiger partial charge is 0.410 e. The van der Waals surface area contributed by atoms with E-state index in [-0.39, 0.29) is 53.2 Å². The van der Waals surface area contributed by atoms with Gasteiger partial charge in [0, 0.05) is 72.0 Å². The number of aromatic nitrogens is 10. The molecule has 0 unspecified atom stereocenters. The standard InChI is InChI=1S/C33H32F2N6O4.C28H24F2N6O2/c1-33(2,3)45-32(43)39-11-9-27(10-12-39)40-20-24(17-37-40)29-18-36-31(44-29)22-6-4-5-21(13-22)19-41-30(42)8-7-28(38-41)23-14-25(34)16-26(35)15-23;29-22-11-20(12-23(30)13-22)25-4-5-27(37)36(34-25)16-18-2-1-3-19(10-18)28-32-15-26(38-28)21-14-33-35(17-21)24-6-8-31-9-7-24/h4-8,13-18,20,27H,9-12,19H2,1-3H3;1-5,10-15,17,24,31H,6-9,16H2. The fourth-order valence-electron chi connectivity index (χ4n) is 9.91. The Kier molecular flexibility index (Phi) is 15.9. The van der Waals surface area contributed by atoms with Crippen molar-refractivity contribution in [2.24, 2.45) is 0 Å². The summed E-state index contributed by atoms with van der Waals surface area (Å²) < 4.78 is 78.9. The number of ether oxygens (including phenoxy) is 1. The number of rotatable bonds is 12. The highest BCUT2D eigenvalue weighted by Crippen LogP contribution is 2.32. The number of benzene rings is 4. The summed E-state index contributed by atoms with van der Waals surface area (Å²) in [5, 5.41) is 21.1. The number of carbonyl (C=O) groups is 1. The van der Waals surface area contributed by atoms with Crippen molar-refractivity contribution < 1.29 is 35.9 Å². The number of likely N-dealkylation sites (tertiary alicyclic amines) is 1. The fraction of sp³-hybridized carbons (Fsp3) is 0.262. The molecule has 8 heterocycles. The first kappa shape index (κ1) is 55.3. The van der Waals surface area contributed by atoms with E-state index < -0.39 is 28.9 Å². The molecule has 2 saturated heterocycles. The maximum atomic E-state index is 13.7. The van der Waals surface area contributed by atoms with E-state index in [0.29, 0.717) is 53.7 Å². The Labute approximate surface area is 472 Å². The topological polar surface area (TPSA) is 199 Å².